The van der Waals surface area contributed by atoms with Crippen molar-refractivity contribution in [1.82, 2.24) is 14.7 Å². The lowest BCUT2D eigenvalue weighted by atomic mass is 10.0. The number of aromatic nitrogens is 2. The predicted octanol–water partition coefficient (Wildman–Crippen LogP) is 3.97. The number of anilines is 1. The maximum atomic E-state index is 13.0. The zero-order valence-corrected chi connectivity index (χ0v) is 18.2. The minimum absolute atomic E-state index is 0.0640. The molecule has 0 bridgehead atoms. The molecule has 0 radical (unpaired) electrons. The van der Waals surface area contributed by atoms with Crippen molar-refractivity contribution in [3.8, 4) is 17.2 Å². The number of hydrogen-bond acceptors (Lipinski definition) is 5. The fourth-order valence-electron chi connectivity index (χ4n) is 4.19. The highest BCUT2D eigenvalue weighted by Crippen LogP contribution is 2.38. The van der Waals surface area contributed by atoms with Crippen molar-refractivity contribution >= 4 is 11.7 Å². The summed E-state index contributed by atoms with van der Waals surface area (Å²) >= 11 is 0. The van der Waals surface area contributed by atoms with Crippen LogP contribution in [-0.2, 0) is 4.79 Å². The highest BCUT2D eigenvalue weighted by Gasteiger charge is 2.30. The molecule has 3 aromatic rings. The summed E-state index contributed by atoms with van der Waals surface area (Å²) in [5, 5.41) is 7.57. The third-order valence-electron chi connectivity index (χ3n) is 5.61. The third-order valence-corrected chi connectivity index (χ3v) is 5.61. The van der Waals surface area contributed by atoms with Crippen molar-refractivity contribution in [3.63, 3.8) is 0 Å². The van der Waals surface area contributed by atoms with Crippen LogP contribution in [0.5, 0.6) is 11.5 Å². The Labute approximate surface area is 182 Å². The number of carbonyl (C=O) groups excluding carboxylic acids is 1. The second-order valence-corrected chi connectivity index (χ2v) is 7.70. The summed E-state index contributed by atoms with van der Waals surface area (Å²) in [4.78, 5) is 15.2. The van der Waals surface area contributed by atoms with Gasteiger partial charge in [0, 0.05) is 17.7 Å². The maximum Gasteiger partial charge on any atom is 0.239 e. The van der Waals surface area contributed by atoms with E-state index >= 15 is 0 Å². The largest absolute Gasteiger partial charge is 0.497 e. The van der Waals surface area contributed by atoms with E-state index in [1.54, 1.807) is 18.9 Å². The van der Waals surface area contributed by atoms with E-state index < -0.39 is 0 Å². The van der Waals surface area contributed by atoms with Gasteiger partial charge >= 0.3 is 0 Å². The smallest absolute Gasteiger partial charge is 0.239 e. The summed E-state index contributed by atoms with van der Waals surface area (Å²) in [5.74, 6) is 2.21. The van der Waals surface area contributed by atoms with Gasteiger partial charge in [-0.1, -0.05) is 18.2 Å². The monoisotopic (exact) mass is 420 g/mol. The van der Waals surface area contributed by atoms with Crippen LogP contribution in [0.15, 0.2) is 54.6 Å². The van der Waals surface area contributed by atoms with Crippen molar-refractivity contribution in [2.24, 2.45) is 0 Å². The zero-order valence-electron chi connectivity index (χ0n) is 18.2. The zero-order chi connectivity index (χ0) is 21.8. The van der Waals surface area contributed by atoms with Crippen molar-refractivity contribution in [1.29, 1.82) is 0 Å². The summed E-state index contributed by atoms with van der Waals surface area (Å²) in [7, 11) is 3.33. The van der Waals surface area contributed by atoms with E-state index in [0.29, 0.717) is 12.4 Å². The Hall–Kier alpha value is -3.32. The Morgan fingerprint density at radius 1 is 1.13 bits per heavy atom. The quantitative estimate of drug-likeness (QED) is 0.626. The molecule has 7 heteroatoms. The van der Waals surface area contributed by atoms with Crippen molar-refractivity contribution in [3.05, 3.63) is 65.9 Å². The molecule has 0 saturated carbocycles. The molecule has 2 heterocycles. The molecule has 7 nitrogen and oxygen atoms in total. The molecule has 0 aliphatic carbocycles. The standard InChI is InChI=1S/C24H28N4O3/c1-17-14-23(28(26-17)18-8-5-4-6-9-18)25-24(29)16-27-13-7-10-21(27)20-15-19(30-2)11-12-22(20)31-3/h4-6,8-9,11-12,14-15,21H,7,10,13,16H2,1-3H3,(H,25,29). The molecule has 1 saturated heterocycles. The van der Waals surface area contributed by atoms with Gasteiger partial charge in [-0.05, 0) is 56.6 Å². The van der Waals surface area contributed by atoms with E-state index in [4.69, 9.17) is 9.47 Å². The van der Waals surface area contributed by atoms with Crippen molar-refractivity contribution < 1.29 is 14.3 Å². The van der Waals surface area contributed by atoms with Crippen molar-refractivity contribution in [2.75, 3.05) is 32.6 Å². The van der Waals surface area contributed by atoms with E-state index in [0.717, 1.165) is 47.8 Å². The number of nitrogens with zero attached hydrogens (tertiary/aromatic N) is 3. The molecule has 4 rings (SSSR count). The van der Waals surface area contributed by atoms with Crippen LogP contribution in [0.1, 0.15) is 30.1 Å². The summed E-state index contributed by atoms with van der Waals surface area (Å²) in [5.41, 5.74) is 2.81. The molecule has 1 amide bonds. The molecular formula is C24H28N4O3. The van der Waals surface area contributed by atoms with Crippen LogP contribution in [0.25, 0.3) is 5.69 Å². The number of ether oxygens (including phenoxy) is 2. The Kier molecular flexibility index (Phi) is 6.23. The molecule has 1 unspecified atom stereocenters. The number of nitrogens with one attached hydrogen (secondary N) is 1. The average molecular weight is 421 g/mol. The predicted molar refractivity (Wildman–Crippen MR) is 120 cm³/mol. The molecule has 1 fully saturated rings. The number of likely N-dealkylation sites (tertiary alicyclic amines) is 1. The molecule has 1 N–H and O–H groups in total. The van der Waals surface area contributed by atoms with Crippen LogP contribution in [0.4, 0.5) is 5.82 Å². The van der Waals surface area contributed by atoms with E-state index in [2.05, 4.69) is 15.3 Å². The van der Waals surface area contributed by atoms with Gasteiger partial charge in [0.2, 0.25) is 5.91 Å². The van der Waals surface area contributed by atoms with E-state index in [-0.39, 0.29) is 11.9 Å². The molecule has 31 heavy (non-hydrogen) atoms. The Bertz CT molecular complexity index is 1050. The SMILES string of the molecule is COc1ccc(OC)c(C2CCCN2CC(=O)Nc2cc(C)nn2-c2ccccc2)c1. The first kappa shape index (κ1) is 20.9. The summed E-state index contributed by atoms with van der Waals surface area (Å²) in [6.45, 7) is 3.07. The number of rotatable bonds is 7. The third kappa shape index (κ3) is 4.56. The summed E-state index contributed by atoms with van der Waals surface area (Å²) in [6.07, 6.45) is 2.00. The number of benzene rings is 2. The highest BCUT2D eigenvalue weighted by molar-refractivity contribution is 5.91. The molecule has 1 aromatic heterocycles. The number of amides is 1. The average Bonchev–Trinajstić information content (AvgIpc) is 3.39. The van der Waals surface area contributed by atoms with Gasteiger partial charge in [-0.3, -0.25) is 9.69 Å². The Morgan fingerprint density at radius 3 is 2.68 bits per heavy atom. The number of carbonyl (C=O) groups is 1. The van der Waals surface area contributed by atoms with Gasteiger partial charge in [0.15, 0.2) is 0 Å². The Balaban J connectivity index is 1.51. The number of aryl methyl sites for hydroxylation is 1. The fraction of sp³-hybridized carbons (Fsp3) is 0.333. The van der Waals surface area contributed by atoms with Gasteiger partial charge in [-0.2, -0.15) is 5.10 Å². The molecule has 0 spiro atoms. The van der Waals surface area contributed by atoms with Crippen LogP contribution in [0.2, 0.25) is 0 Å². The molecule has 2 aromatic carbocycles. The number of para-hydroxylation sites is 1. The number of methoxy groups -OCH3 is 2. The van der Waals surface area contributed by atoms with Gasteiger partial charge in [-0.15, -0.1) is 0 Å². The first-order valence-electron chi connectivity index (χ1n) is 10.5. The van der Waals surface area contributed by atoms with Crippen LogP contribution < -0.4 is 14.8 Å². The van der Waals surface area contributed by atoms with E-state index in [1.165, 1.54) is 0 Å². The van der Waals surface area contributed by atoms with Crippen LogP contribution >= 0.6 is 0 Å². The molecule has 1 aliphatic heterocycles. The molecule has 162 valence electrons. The number of hydrogen-bond donors (Lipinski definition) is 1. The molecular weight excluding hydrogens is 392 g/mol. The van der Waals surface area contributed by atoms with Gasteiger partial charge < -0.3 is 14.8 Å². The van der Waals surface area contributed by atoms with E-state index in [9.17, 15) is 4.79 Å². The van der Waals surface area contributed by atoms with Crippen LogP contribution in [0.3, 0.4) is 0 Å². The molecule has 1 aliphatic rings. The lowest BCUT2D eigenvalue weighted by molar-refractivity contribution is -0.117. The minimum Gasteiger partial charge on any atom is -0.497 e. The van der Waals surface area contributed by atoms with Crippen LogP contribution in [0, 0.1) is 6.92 Å². The second kappa shape index (κ2) is 9.22. The van der Waals surface area contributed by atoms with E-state index in [1.807, 2.05) is 61.5 Å². The van der Waals surface area contributed by atoms with Gasteiger partial charge in [-0.25, -0.2) is 4.68 Å². The van der Waals surface area contributed by atoms with Gasteiger partial charge in [0.05, 0.1) is 32.1 Å². The lowest BCUT2D eigenvalue weighted by Gasteiger charge is -2.26. The maximum absolute atomic E-state index is 13.0. The van der Waals surface area contributed by atoms with Crippen LogP contribution in [-0.4, -0.2) is 47.9 Å². The lowest BCUT2D eigenvalue weighted by Crippen LogP contribution is -2.33. The first-order valence-corrected chi connectivity index (χ1v) is 10.5. The topological polar surface area (TPSA) is 68.6 Å². The first-order chi connectivity index (χ1) is 15.1. The second-order valence-electron chi connectivity index (χ2n) is 7.70. The molecule has 1 atom stereocenters. The Morgan fingerprint density at radius 2 is 1.94 bits per heavy atom. The summed E-state index contributed by atoms with van der Waals surface area (Å²) in [6, 6.07) is 17.6. The van der Waals surface area contributed by atoms with Gasteiger partial charge in [0.1, 0.15) is 17.3 Å². The van der Waals surface area contributed by atoms with Gasteiger partial charge in [0.25, 0.3) is 0 Å². The van der Waals surface area contributed by atoms with Crippen molar-refractivity contribution in [2.45, 2.75) is 25.8 Å². The summed E-state index contributed by atoms with van der Waals surface area (Å²) < 4.78 is 12.7. The fourth-order valence-corrected chi connectivity index (χ4v) is 4.19. The highest BCUT2D eigenvalue weighted by atomic mass is 16.5. The normalized spacial score (nSPS) is 16.3. The minimum atomic E-state index is -0.0640.